The molecule has 0 atom stereocenters. The average Bonchev–Trinajstić information content (AvgIpc) is 2.63. The van der Waals surface area contributed by atoms with Gasteiger partial charge >= 0.3 is 6.03 Å². The second-order valence-electron chi connectivity index (χ2n) is 6.07. The molecule has 6 nitrogen and oxygen atoms in total. The van der Waals surface area contributed by atoms with Crippen LogP contribution in [0.25, 0.3) is 0 Å². The summed E-state index contributed by atoms with van der Waals surface area (Å²) in [5.41, 5.74) is 8.45. The maximum absolute atomic E-state index is 12.6. The van der Waals surface area contributed by atoms with Gasteiger partial charge in [0, 0.05) is 43.6 Å². The number of rotatable bonds is 7. The second kappa shape index (κ2) is 8.89. The molecule has 0 aromatic heterocycles. The van der Waals surface area contributed by atoms with Crippen LogP contribution in [0.1, 0.15) is 29.8 Å². The van der Waals surface area contributed by atoms with Crippen LogP contribution in [0.4, 0.5) is 16.2 Å². The van der Waals surface area contributed by atoms with Crippen LogP contribution in [0, 0.1) is 0 Å². The summed E-state index contributed by atoms with van der Waals surface area (Å²) in [6, 6.07) is 14.3. The molecule has 3 amide bonds. The van der Waals surface area contributed by atoms with E-state index in [1.165, 1.54) is 5.69 Å². The summed E-state index contributed by atoms with van der Waals surface area (Å²) in [6.07, 6.45) is 0. The predicted octanol–water partition coefficient (Wildman–Crippen LogP) is 3.30. The largest absolute Gasteiger partial charge is 0.372 e. The molecular weight excluding hydrogens is 328 g/mol. The van der Waals surface area contributed by atoms with Gasteiger partial charge < -0.3 is 20.9 Å². The van der Waals surface area contributed by atoms with Crippen molar-refractivity contribution >= 4 is 23.3 Å². The minimum atomic E-state index is -0.630. The lowest BCUT2D eigenvalue weighted by Crippen LogP contribution is -2.26. The Kier molecular flexibility index (Phi) is 6.60. The van der Waals surface area contributed by atoms with Gasteiger partial charge in [-0.05, 0) is 55.8 Å². The van der Waals surface area contributed by atoms with E-state index in [9.17, 15) is 9.59 Å². The lowest BCUT2D eigenvalue weighted by molar-refractivity contribution is 0.0785. The molecule has 138 valence electrons. The van der Waals surface area contributed by atoms with Crippen LogP contribution in [-0.4, -0.2) is 37.0 Å². The van der Waals surface area contributed by atoms with Gasteiger partial charge in [0.1, 0.15) is 0 Å². The van der Waals surface area contributed by atoms with Crippen molar-refractivity contribution in [2.45, 2.75) is 20.4 Å². The lowest BCUT2D eigenvalue weighted by Gasteiger charge is -2.22. The van der Waals surface area contributed by atoms with Crippen molar-refractivity contribution in [3.05, 3.63) is 59.7 Å². The fourth-order valence-corrected chi connectivity index (χ4v) is 2.81. The average molecular weight is 354 g/mol. The van der Waals surface area contributed by atoms with Crippen molar-refractivity contribution in [1.29, 1.82) is 0 Å². The van der Waals surface area contributed by atoms with E-state index in [1.807, 2.05) is 0 Å². The highest BCUT2D eigenvalue weighted by atomic mass is 16.2. The van der Waals surface area contributed by atoms with Gasteiger partial charge in [0.25, 0.3) is 5.91 Å². The summed E-state index contributed by atoms with van der Waals surface area (Å²) in [6.45, 7) is 6.73. The maximum atomic E-state index is 12.6. The SMILES string of the molecule is CCN(CC)c1ccc(CN(C)C(=O)c2ccc(NC(N)=O)cc2)cc1. The number of anilines is 2. The molecule has 0 aliphatic rings. The zero-order valence-electron chi connectivity index (χ0n) is 15.5. The van der Waals surface area contributed by atoms with Crippen LogP contribution in [-0.2, 0) is 6.54 Å². The van der Waals surface area contributed by atoms with E-state index in [2.05, 4.69) is 48.3 Å². The summed E-state index contributed by atoms with van der Waals surface area (Å²) >= 11 is 0. The summed E-state index contributed by atoms with van der Waals surface area (Å²) in [5, 5.41) is 2.47. The molecule has 3 N–H and O–H groups in total. The van der Waals surface area contributed by atoms with Crippen molar-refractivity contribution in [1.82, 2.24) is 4.90 Å². The van der Waals surface area contributed by atoms with Crippen molar-refractivity contribution in [3.8, 4) is 0 Å². The van der Waals surface area contributed by atoms with Gasteiger partial charge in [-0.1, -0.05) is 12.1 Å². The Morgan fingerprint density at radius 3 is 2.04 bits per heavy atom. The molecule has 0 aliphatic carbocycles. The van der Waals surface area contributed by atoms with E-state index in [1.54, 1.807) is 36.2 Å². The molecule has 0 heterocycles. The van der Waals surface area contributed by atoms with Crippen molar-refractivity contribution < 1.29 is 9.59 Å². The van der Waals surface area contributed by atoms with Gasteiger partial charge in [-0.25, -0.2) is 4.79 Å². The first-order valence-electron chi connectivity index (χ1n) is 8.70. The molecular formula is C20H26N4O2. The molecule has 0 spiro atoms. The normalized spacial score (nSPS) is 10.3. The van der Waals surface area contributed by atoms with E-state index < -0.39 is 6.03 Å². The third-order valence-corrected chi connectivity index (χ3v) is 4.23. The summed E-state index contributed by atoms with van der Waals surface area (Å²) in [7, 11) is 1.77. The van der Waals surface area contributed by atoms with E-state index in [-0.39, 0.29) is 5.91 Å². The third-order valence-electron chi connectivity index (χ3n) is 4.23. The second-order valence-corrected chi connectivity index (χ2v) is 6.07. The number of hydrogen-bond donors (Lipinski definition) is 2. The van der Waals surface area contributed by atoms with Gasteiger partial charge in [0.15, 0.2) is 0 Å². The van der Waals surface area contributed by atoms with Gasteiger partial charge in [-0.3, -0.25) is 4.79 Å². The molecule has 0 unspecified atom stereocenters. The maximum Gasteiger partial charge on any atom is 0.316 e. The molecule has 0 saturated heterocycles. The van der Waals surface area contributed by atoms with E-state index in [0.29, 0.717) is 17.8 Å². The Morgan fingerprint density at radius 2 is 1.54 bits per heavy atom. The van der Waals surface area contributed by atoms with E-state index in [4.69, 9.17) is 5.73 Å². The first-order chi connectivity index (χ1) is 12.4. The smallest absolute Gasteiger partial charge is 0.316 e. The summed E-state index contributed by atoms with van der Waals surface area (Å²) in [5.74, 6) is -0.0801. The molecule has 0 bridgehead atoms. The zero-order chi connectivity index (χ0) is 19.1. The Bertz CT molecular complexity index is 737. The van der Waals surface area contributed by atoms with Crippen molar-refractivity contribution in [2.24, 2.45) is 5.73 Å². The fourth-order valence-electron chi connectivity index (χ4n) is 2.81. The van der Waals surface area contributed by atoms with Crippen molar-refractivity contribution in [3.63, 3.8) is 0 Å². The number of nitrogens with one attached hydrogen (secondary N) is 1. The molecule has 6 heteroatoms. The van der Waals surface area contributed by atoms with Gasteiger partial charge in [-0.15, -0.1) is 0 Å². The quantitative estimate of drug-likeness (QED) is 0.801. The highest BCUT2D eigenvalue weighted by molar-refractivity contribution is 5.95. The van der Waals surface area contributed by atoms with E-state index in [0.717, 1.165) is 18.7 Å². The number of primary amides is 1. The van der Waals surface area contributed by atoms with Gasteiger partial charge in [-0.2, -0.15) is 0 Å². The first-order valence-corrected chi connectivity index (χ1v) is 8.70. The Labute approximate surface area is 154 Å². The molecule has 26 heavy (non-hydrogen) atoms. The zero-order valence-corrected chi connectivity index (χ0v) is 15.5. The number of hydrogen-bond acceptors (Lipinski definition) is 3. The molecule has 2 aromatic rings. The minimum absolute atomic E-state index is 0.0801. The Balaban J connectivity index is 2.01. The molecule has 0 saturated carbocycles. The number of carbonyl (C=O) groups excluding carboxylic acids is 2. The Hall–Kier alpha value is -3.02. The van der Waals surface area contributed by atoms with Crippen LogP contribution >= 0.6 is 0 Å². The number of carbonyl (C=O) groups is 2. The molecule has 0 fully saturated rings. The summed E-state index contributed by atoms with van der Waals surface area (Å²) in [4.78, 5) is 27.3. The van der Waals surface area contributed by atoms with Gasteiger partial charge in [0.05, 0.1) is 0 Å². The standard InChI is InChI=1S/C20H26N4O2/c1-4-24(5-2)18-12-6-15(7-13-18)14-23(3)19(25)16-8-10-17(11-9-16)22-20(21)26/h6-13H,4-5,14H2,1-3H3,(H3,21,22,26). The van der Waals surface area contributed by atoms with E-state index >= 15 is 0 Å². The minimum Gasteiger partial charge on any atom is -0.372 e. The number of amides is 3. The number of nitrogens with zero attached hydrogens (tertiary/aromatic N) is 2. The first kappa shape index (κ1) is 19.3. The van der Waals surface area contributed by atoms with Crippen LogP contribution in [0.3, 0.4) is 0 Å². The number of nitrogens with two attached hydrogens (primary N) is 1. The Morgan fingerprint density at radius 1 is 0.962 bits per heavy atom. The molecule has 0 aliphatic heterocycles. The topological polar surface area (TPSA) is 78.7 Å². The highest BCUT2D eigenvalue weighted by Gasteiger charge is 2.12. The van der Waals surface area contributed by atoms with Crippen LogP contribution in [0.5, 0.6) is 0 Å². The molecule has 2 rings (SSSR count). The van der Waals surface area contributed by atoms with Crippen molar-refractivity contribution in [2.75, 3.05) is 30.4 Å². The van der Waals surface area contributed by atoms with Crippen LogP contribution in [0.2, 0.25) is 0 Å². The van der Waals surface area contributed by atoms with Crippen LogP contribution in [0.15, 0.2) is 48.5 Å². The highest BCUT2D eigenvalue weighted by Crippen LogP contribution is 2.17. The number of benzene rings is 2. The van der Waals surface area contributed by atoms with Crippen LogP contribution < -0.4 is 16.0 Å². The fraction of sp³-hybridized carbons (Fsp3) is 0.300. The summed E-state index contributed by atoms with van der Waals surface area (Å²) < 4.78 is 0. The third kappa shape index (κ3) is 4.99. The monoisotopic (exact) mass is 354 g/mol. The lowest BCUT2D eigenvalue weighted by atomic mass is 10.1. The van der Waals surface area contributed by atoms with Gasteiger partial charge in [0.2, 0.25) is 0 Å². The number of urea groups is 1. The molecule has 0 radical (unpaired) electrons. The predicted molar refractivity (Wildman–Crippen MR) is 105 cm³/mol. The molecule has 2 aromatic carbocycles.